The fourth-order valence-electron chi connectivity index (χ4n) is 2.62. The van der Waals surface area contributed by atoms with Gasteiger partial charge < -0.3 is 5.73 Å². The van der Waals surface area contributed by atoms with Crippen molar-refractivity contribution in [3.63, 3.8) is 0 Å². The Morgan fingerprint density at radius 3 is 2.45 bits per heavy atom. The zero-order chi connectivity index (χ0) is 14.9. The summed E-state index contributed by atoms with van der Waals surface area (Å²) in [7, 11) is -3.54. The van der Waals surface area contributed by atoms with Crippen molar-refractivity contribution in [1.82, 2.24) is 4.72 Å². The van der Waals surface area contributed by atoms with Crippen LogP contribution >= 0.6 is 11.6 Å². The fraction of sp³-hybridized carbons (Fsp3) is 0.571. The Balaban J connectivity index is 2.20. The van der Waals surface area contributed by atoms with Gasteiger partial charge in [0.2, 0.25) is 10.0 Å². The van der Waals surface area contributed by atoms with Gasteiger partial charge in [-0.2, -0.15) is 0 Å². The van der Waals surface area contributed by atoms with E-state index in [-0.39, 0.29) is 16.6 Å². The molecule has 1 saturated carbocycles. The third-order valence-electron chi connectivity index (χ3n) is 3.92. The molecule has 6 heteroatoms. The van der Waals surface area contributed by atoms with E-state index in [4.69, 9.17) is 17.3 Å². The second-order valence-electron chi connectivity index (χ2n) is 5.72. The van der Waals surface area contributed by atoms with Gasteiger partial charge >= 0.3 is 0 Å². The number of rotatable bonds is 3. The summed E-state index contributed by atoms with van der Waals surface area (Å²) >= 11 is 5.90. The number of nitrogens with two attached hydrogens (primary N) is 1. The van der Waals surface area contributed by atoms with Crippen LogP contribution in [0.25, 0.3) is 0 Å². The monoisotopic (exact) mass is 316 g/mol. The molecule has 112 valence electrons. The number of anilines is 1. The first-order valence-corrected chi connectivity index (χ1v) is 8.73. The highest BCUT2D eigenvalue weighted by Crippen LogP contribution is 2.28. The van der Waals surface area contributed by atoms with Crippen LogP contribution in [0, 0.1) is 12.8 Å². The smallest absolute Gasteiger partial charge is 0.241 e. The van der Waals surface area contributed by atoms with Crippen LogP contribution in [0.2, 0.25) is 5.02 Å². The lowest BCUT2D eigenvalue weighted by Gasteiger charge is -2.27. The summed E-state index contributed by atoms with van der Waals surface area (Å²) in [6.07, 6.45) is 3.91. The van der Waals surface area contributed by atoms with E-state index in [1.54, 1.807) is 13.0 Å². The molecular formula is C14H21ClN2O2S. The topological polar surface area (TPSA) is 72.2 Å². The van der Waals surface area contributed by atoms with Gasteiger partial charge in [0.15, 0.2) is 0 Å². The number of halogens is 1. The molecule has 1 aliphatic rings. The van der Waals surface area contributed by atoms with E-state index < -0.39 is 10.0 Å². The average Bonchev–Trinajstić information content (AvgIpc) is 2.36. The molecule has 3 N–H and O–H groups in total. The summed E-state index contributed by atoms with van der Waals surface area (Å²) in [6, 6.07) is 3.05. The maximum absolute atomic E-state index is 12.5. The third kappa shape index (κ3) is 3.45. The summed E-state index contributed by atoms with van der Waals surface area (Å²) < 4.78 is 27.7. The second-order valence-corrected chi connectivity index (χ2v) is 7.81. The molecule has 0 atom stereocenters. The minimum absolute atomic E-state index is 0.0208. The summed E-state index contributed by atoms with van der Waals surface area (Å²) in [5.41, 5.74) is 6.61. The van der Waals surface area contributed by atoms with Gasteiger partial charge in [-0.3, -0.25) is 0 Å². The molecular weight excluding hydrogens is 296 g/mol. The van der Waals surface area contributed by atoms with E-state index in [1.165, 1.54) is 6.07 Å². The average molecular weight is 317 g/mol. The molecule has 1 aliphatic carbocycles. The quantitative estimate of drug-likeness (QED) is 0.842. The number of sulfonamides is 1. The summed E-state index contributed by atoms with van der Waals surface area (Å²) in [5.74, 6) is 0.684. The first-order chi connectivity index (χ1) is 9.29. The molecule has 0 aliphatic heterocycles. The Hall–Kier alpha value is -0.780. The normalized spacial score (nSPS) is 23.8. The highest BCUT2D eigenvalue weighted by Gasteiger charge is 2.25. The van der Waals surface area contributed by atoms with Gasteiger partial charge in [0, 0.05) is 6.04 Å². The van der Waals surface area contributed by atoms with Crippen LogP contribution in [-0.4, -0.2) is 14.5 Å². The van der Waals surface area contributed by atoms with Crippen molar-refractivity contribution in [3.05, 3.63) is 22.7 Å². The Morgan fingerprint density at radius 2 is 1.85 bits per heavy atom. The van der Waals surface area contributed by atoms with E-state index in [1.807, 2.05) is 0 Å². The molecule has 0 amide bonds. The van der Waals surface area contributed by atoms with Crippen molar-refractivity contribution in [1.29, 1.82) is 0 Å². The van der Waals surface area contributed by atoms with Crippen molar-refractivity contribution in [3.8, 4) is 0 Å². The van der Waals surface area contributed by atoms with Crippen molar-refractivity contribution in [2.24, 2.45) is 5.92 Å². The Bertz CT molecular complexity index is 593. The van der Waals surface area contributed by atoms with E-state index >= 15 is 0 Å². The zero-order valence-electron chi connectivity index (χ0n) is 11.8. The van der Waals surface area contributed by atoms with Gasteiger partial charge in [-0.1, -0.05) is 18.5 Å². The van der Waals surface area contributed by atoms with Crippen LogP contribution in [0.3, 0.4) is 0 Å². The van der Waals surface area contributed by atoms with Crippen molar-refractivity contribution >= 4 is 27.3 Å². The molecule has 0 saturated heterocycles. The Labute approximate surface area is 125 Å². The van der Waals surface area contributed by atoms with E-state index in [9.17, 15) is 8.42 Å². The summed E-state index contributed by atoms with van der Waals surface area (Å²) in [5, 5.41) is 0.382. The van der Waals surface area contributed by atoms with Crippen molar-refractivity contribution < 1.29 is 8.42 Å². The number of hydrogen-bond donors (Lipinski definition) is 2. The predicted molar refractivity (Wildman–Crippen MR) is 82.3 cm³/mol. The Kier molecular flexibility index (Phi) is 4.62. The maximum Gasteiger partial charge on any atom is 0.241 e. The van der Waals surface area contributed by atoms with Crippen molar-refractivity contribution in [2.75, 3.05) is 5.73 Å². The van der Waals surface area contributed by atoms with Crippen LogP contribution in [0.1, 0.15) is 38.2 Å². The molecule has 0 radical (unpaired) electrons. The minimum atomic E-state index is -3.54. The molecule has 2 rings (SSSR count). The maximum atomic E-state index is 12.5. The lowest BCUT2D eigenvalue weighted by molar-refractivity contribution is 0.332. The number of nitrogens with one attached hydrogen (secondary N) is 1. The fourth-order valence-corrected chi connectivity index (χ4v) is 4.40. The van der Waals surface area contributed by atoms with Gasteiger partial charge in [0.1, 0.15) is 0 Å². The molecule has 1 aromatic rings. The van der Waals surface area contributed by atoms with Gasteiger partial charge in [-0.15, -0.1) is 0 Å². The molecule has 0 aromatic heterocycles. The van der Waals surface area contributed by atoms with Gasteiger partial charge in [0.05, 0.1) is 15.6 Å². The number of nitrogen functional groups attached to an aromatic ring is 1. The minimum Gasteiger partial charge on any atom is -0.397 e. The molecule has 20 heavy (non-hydrogen) atoms. The molecule has 0 unspecified atom stereocenters. The predicted octanol–water partition coefficient (Wildman–Crippen LogP) is 3.09. The number of hydrogen-bond acceptors (Lipinski definition) is 3. The highest BCUT2D eigenvalue weighted by atomic mass is 35.5. The standard InChI is InChI=1S/C14H21ClN2O2S/c1-9-3-5-11(6-4-9)17-20(18,19)14-8-13(16)12(15)7-10(14)2/h7-9,11,17H,3-6,16H2,1-2H3. The largest absolute Gasteiger partial charge is 0.397 e. The summed E-state index contributed by atoms with van der Waals surface area (Å²) in [4.78, 5) is 0.220. The van der Waals surface area contributed by atoms with E-state index in [0.717, 1.165) is 25.7 Å². The molecule has 1 fully saturated rings. The lowest BCUT2D eigenvalue weighted by atomic mass is 9.88. The van der Waals surface area contributed by atoms with Gasteiger partial charge in [-0.25, -0.2) is 13.1 Å². The van der Waals surface area contributed by atoms with Crippen LogP contribution in [0.5, 0.6) is 0 Å². The molecule has 0 heterocycles. The van der Waals surface area contributed by atoms with Crippen LogP contribution in [-0.2, 0) is 10.0 Å². The number of aryl methyl sites for hydroxylation is 1. The molecule has 0 bridgehead atoms. The first-order valence-electron chi connectivity index (χ1n) is 6.87. The van der Waals surface area contributed by atoms with Crippen LogP contribution in [0.15, 0.2) is 17.0 Å². The lowest BCUT2D eigenvalue weighted by Crippen LogP contribution is -2.37. The molecule has 0 spiro atoms. The van der Waals surface area contributed by atoms with Gasteiger partial charge in [-0.05, 0) is 56.2 Å². The first kappa shape index (κ1) is 15.6. The second kappa shape index (κ2) is 5.92. The molecule has 4 nitrogen and oxygen atoms in total. The zero-order valence-corrected chi connectivity index (χ0v) is 13.4. The van der Waals surface area contributed by atoms with Crippen molar-refractivity contribution in [2.45, 2.75) is 50.5 Å². The number of benzene rings is 1. The van der Waals surface area contributed by atoms with Gasteiger partial charge in [0.25, 0.3) is 0 Å². The van der Waals surface area contributed by atoms with Crippen LogP contribution in [0.4, 0.5) is 5.69 Å². The summed E-state index contributed by atoms with van der Waals surface area (Å²) in [6.45, 7) is 3.93. The third-order valence-corrected chi connectivity index (χ3v) is 5.91. The van der Waals surface area contributed by atoms with Crippen LogP contribution < -0.4 is 10.5 Å². The van der Waals surface area contributed by atoms with E-state index in [2.05, 4.69) is 11.6 Å². The SMILES string of the molecule is Cc1cc(Cl)c(N)cc1S(=O)(=O)NC1CCC(C)CC1. The highest BCUT2D eigenvalue weighted by molar-refractivity contribution is 7.89. The Morgan fingerprint density at radius 1 is 1.25 bits per heavy atom. The molecule has 1 aromatic carbocycles. The van der Waals surface area contributed by atoms with E-state index in [0.29, 0.717) is 16.5 Å².